The number of unbranched alkanes of at least 4 members (excludes halogenated alkanes) is 3. The van der Waals surface area contributed by atoms with Gasteiger partial charge >= 0.3 is 0 Å². The van der Waals surface area contributed by atoms with Gasteiger partial charge in [-0.2, -0.15) is 0 Å². The van der Waals surface area contributed by atoms with Crippen LogP contribution in [0.25, 0.3) is 0 Å². The molecule has 3 nitrogen and oxygen atoms in total. The van der Waals surface area contributed by atoms with Gasteiger partial charge in [0, 0.05) is 0 Å². The Kier molecular flexibility index (Phi) is 20.7. The highest BCUT2D eigenvalue weighted by Crippen LogP contribution is 1.98. The van der Waals surface area contributed by atoms with Crippen LogP contribution in [0.2, 0.25) is 0 Å². The van der Waals surface area contributed by atoms with E-state index in [0.29, 0.717) is 0 Å². The molecule has 0 fully saturated rings. The molecule has 0 aromatic heterocycles. The van der Waals surface area contributed by atoms with E-state index in [1.807, 2.05) is 0 Å². The van der Waals surface area contributed by atoms with Crippen LogP contribution in [0, 0.1) is 0 Å². The summed E-state index contributed by atoms with van der Waals surface area (Å²) in [4.78, 5) is 2.22. The molecule has 0 aromatic carbocycles. The van der Waals surface area contributed by atoms with Gasteiger partial charge in [-0.25, -0.2) is 0 Å². The Hall–Kier alpha value is 0.170. The van der Waals surface area contributed by atoms with Gasteiger partial charge < -0.3 is 16.8 Å². The maximum Gasteiger partial charge on any atom is -0.00248 e. The van der Waals surface area contributed by atoms with Crippen molar-refractivity contribution in [1.82, 2.24) is 11.1 Å². The van der Waals surface area contributed by atoms with E-state index < -0.39 is 0 Å². The molecule has 0 saturated heterocycles. The molecular weight excluding hydrogens is 174 g/mol. The van der Waals surface area contributed by atoms with Crippen molar-refractivity contribution in [3.63, 3.8) is 0 Å². The third-order valence-corrected chi connectivity index (χ3v) is 1.56. The molecular formula is C8H24ClN3. The first-order chi connectivity index (χ1) is 4.77. The zero-order valence-electron chi connectivity index (χ0n) is 8.38. The molecule has 0 unspecified atom stereocenters. The molecule has 0 spiro atoms. The highest BCUT2D eigenvalue weighted by molar-refractivity contribution is 5.85. The van der Waals surface area contributed by atoms with E-state index in [-0.39, 0.29) is 18.6 Å². The monoisotopic (exact) mass is 197 g/mol. The highest BCUT2D eigenvalue weighted by atomic mass is 35.5. The Balaban J connectivity index is -0.000000405. The van der Waals surface area contributed by atoms with Gasteiger partial charge in [0.2, 0.25) is 0 Å². The summed E-state index contributed by atoms with van der Waals surface area (Å²) in [5.74, 6) is 0. The fourth-order valence-electron chi connectivity index (χ4n) is 0.926. The molecule has 78 valence electrons. The minimum Gasteiger partial charge on any atom is -0.344 e. The summed E-state index contributed by atoms with van der Waals surface area (Å²) in [5.41, 5.74) is 5.36. The molecule has 0 radical (unpaired) electrons. The molecule has 4 heteroatoms. The predicted octanol–water partition coefficient (Wildman–Crippen LogP) is 1.65. The molecule has 0 amide bonds. The van der Waals surface area contributed by atoms with Crippen molar-refractivity contribution in [2.45, 2.75) is 25.7 Å². The van der Waals surface area contributed by atoms with E-state index in [9.17, 15) is 0 Å². The lowest BCUT2D eigenvalue weighted by molar-refractivity contribution is 0.390. The fraction of sp³-hybridized carbons (Fsp3) is 1.00. The van der Waals surface area contributed by atoms with Crippen molar-refractivity contribution in [1.29, 1.82) is 0 Å². The second-order valence-electron chi connectivity index (χ2n) is 3.01. The average Bonchev–Trinajstić information content (AvgIpc) is 1.87. The Morgan fingerprint density at radius 1 is 1.00 bits per heavy atom. The van der Waals surface area contributed by atoms with Crippen molar-refractivity contribution in [2.75, 3.05) is 27.2 Å². The second kappa shape index (κ2) is 13.7. The SMILES string of the molecule is CN(C)CCCCCCN.Cl.N. The van der Waals surface area contributed by atoms with Crippen LogP contribution >= 0.6 is 12.4 Å². The molecule has 0 aliphatic rings. The molecule has 0 aromatic rings. The number of hydrogen-bond acceptors (Lipinski definition) is 3. The summed E-state index contributed by atoms with van der Waals surface area (Å²) in [6.45, 7) is 2.06. The minimum atomic E-state index is 0. The van der Waals surface area contributed by atoms with Gasteiger partial charge in [-0.3, -0.25) is 0 Å². The summed E-state index contributed by atoms with van der Waals surface area (Å²) in [6.07, 6.45) is 5.13. The van der Waals surface area contributed by atoms with Gasteiger partial charge in [0.1, 0.15) is 0 Å². The number of rotatable bonds is 6. The van der Waals surface area contributed by atoms with Crippen molar-refractivity contribution in [2.24, 2.45) is 5.73 Å². The van der Waals surface area contributed by atoms with Gasteiger partial charge in [-0.1, -0.05) is 12.8 Å². The Bertz CT molecular complexity index is 69.3. The summed E-state index contributed by atoms with van der Waals surface area (Å²) in [7, 11) is 4.23. The van der Waals surface area contributed by atoms with E-state index in [0.717, 1.165) is 6.54 Å². The molecule has 0 heterocycles. The molecule has 0 saturated carbocycles. The molecule has 5 N–H and O–H groups in total. The van der Waals surface area contributed by atoms with Crippen LogP contribution in [0.5, 0.6) is 0 Å². The van der Waals surface area contributed by atoms with Crippen molar-refractivity contribution >= 4 is 12.4 Å². The molecule has 0 atom stereocenters. The standard InChI is InChI=1S/C8H20N2.ClH.H3N/c1-10(2)8-6-4-3-5-7-9;;/h3-9H2,1-2H3;1H;1H3. The van der Waals surface area contributed by atoms with E-state index in [4.69, 9.17) is 5.73 Å². The van der Waals surface area contributed by atoms with E-state index >= 15 is 0 Å². The number of nitrogens with two attached hydrogens (primary N) is 1. The lowest BCUT2D eigenvalue weighted by atomic mass is 10.2. The smallest absolute Gasteiger partial charge is 0.00248 e. The number of nitrogens with zero attached hydrogens (tertiary/aromatic N) is 1. The van der Waals surface area contributed by atoms with Crippen molar-refractivity contribution in [3.05, 3.63) is 0 Å². The van der Waals surface area contributed by atoms with Gasteiger partial charge in [-0.15, -0.1) is 12.4 Å². The lowest BCUT2D eigenvalue weighted by Gasteiger charge is -2.07. The van der Waals surface area contributed by atoms with Gasteiger partial charge in [0.25, 0.3) is 0 Å². The highest BCUT2D eigenvalue weighted by Gasteiger charge is 1.89. The first-order valence-electron chi connectivity index (χ1n) is 4.12. The van der Waals surface area contributed by atoms with Gasteiger partial charge in [0.05, 0.1) is 0 Å². The summed E-state index contributed by atoms with van der Waals surface area (Å²) < 4.78 is 0. The largest absolute Gasteiger partial charge is 0.344 e. The molecule has 0 aliphatic heterocycles. The molecule has 12 heavy (non-hydrogen) atoms. The van der Waals surface area contributed by atoms with Crippen LogP contribution in [0.3, 0.4) is 0 Å². The van der Waals surface area contributed by atoms with Crippen LogP contribution < -0.4 is 11.9 Å². The van der Waals surface area contributed by atoms with Gasteiger partial charge in [-0.05, 0) is 40.0 Å². The quantitative estimate of drug-likeness (QED) is 0.637. The zero-order valence-corrected chi connectivity index (χ0v) is 9.20. The van der Waals surface area contributed by atoms with Crippen LogP contribution in [0.1, 0.15) is 25.7 Å². The predicted molar refractivity (Wildman–Crippen MR) is 58.3 cm³/mol. The Labute approximate surface area is 82.7 Å². The Morgan fingerprint density at radius 2 is 1.50 bits per heavy atom. The first-order valence-corrected chi connectivity index (χ1v) is 4.12. The number of hydrogen-bond donors (Lipinski definition) is 2. The van der Waals surface area contributed by atoms with E-state index in [2.05, 4.69) is 19.0 Å². The Morgan fingerprint density at radius 3 is 1.92 bits per heavy atom. The first kappa shape index (κ1) is 18.1. The van der Waals surface area contributed by atoms with Crippen molar-refractivity contribution in [3.8, 4) is 0 Å². The third-order valence-electron chi connectivity index (χ3n) is 1.56. The second-order valence-corrected chi connectivity index (χ2v) is 3.01. The van der Waals surface area contributed by atoms with Crippen LogP contribution in [-0.4, -0.2) is 32.1 Å². The van der Waals surface area contributed by atoms with Crippen molar-refractivity contribution < 1.29 is 0 Å². The van der Waals surface area contributed by atoms with Crippen LogP contribution in [-0.2, 0) is 0 Å². The summed E-state index contributed by atoms with van der Waals surface area (Å²) in [5, 5.41) is 0. The maximum atomic E-state index is 5.36. The fourth-order valence-corrected chi connectivity index (χ4v) is 0.926. The maximum absolute atomic E-state index is 5.36. The van der Waals surface area contributed by atoms with Crippen LogP contribution in [0.15, 0.2) is 0 Å². The number of halogens is 1. The summed E-state index contributed by atoms with van der Waals surface area (Å²) >= 11 is 0. The van der Waals surface area contributed by atoms with E-state index in [1.54, 1.807) is 0 Å². The zero-order chi connectivity index (χ0) is 7.82. The minimum absolute atomic E-state index is 0. The third kappa shape index (κ3) is 16.6. The van der Waals surface area contributed by atoms with Gasteiger partial charge in [0.15, 0.2) is 0 Å². The normalized spacial score (nSPS) is 9.00. The molecule has 0 rings (SSSR count). The topological polar surface area (TPSA) is 64.3 Å². The van der Waals surface area contributed by atoms with Crippen LogP contribution in [0.4, 0.5) is 0 Å². The summed E-state index contributed by atoms with van der Waals surface area (Å²) in [6, 6.07) is 0. The molecule has 0 aliphatic carbocycles. The molecule has 0 bridgehead atoms. The van der Waals surface area contributed by atoms with E-state index in [1.165, 1.54) is 32.2 Å². The lowest BCUT2D eigenvalue weighted by Crippen LogP contribution is -2.12. The average molecular weight is 198 g/mol.